The Morgan fingerprint density at radius 3 is 2.35 bits per heavy atom. The van der Waals surface area contributed by atoms with E-state index in [1.165, 1.54) is 0 Å². The Morgan fingerprint density at radius 2 is 1.61 bits per heavy atom. The van der Waals surface area contributed by atoms with Crippen LogP contribution in [0.25, 0.3) is 22.2 Å². The number of carbonyl (C=O) groups excluding carboxylic acids is 2. The van der Waals surface area contributed by atoms with Crippen LogP contribution in [0.5, 0.6) is 0 Å². The lowest BCUT2D eigenvalue weighted by Gasteiger charge is -2.35. The molecule has 2 amide bonds. The number of aromatic nitrogens is 1. The van der Waals surface area contributed by atoms with Gasteiger partial charge in [0, 0.05) is 50.4 Å². The molecular weight excluding hydrogens is 392 g/mol. The molecule has 0 unspecified atom stereocenters. The maximum atomic E-state index is 13.1. The summed E-state index contributed by atoms with van der Waals surface area (Å²) < 4.78 is 5.56. The summed E-state index contributed by atoms with van der Waals surface area (Å²) >= 11 is 0. The molecule has 0 radical (unpaired) electrons. The second-order valence-electron chi connectivity index (χ2n) is 8.27. The zero-order chi connectivity index (χ0) is 21.2. The van der Waals surface area contributed by atoms with Crippen LogP contribution in [0.4, 0.5) is 0 Å². The molecule has 1 aromatic heterocycles. The molecule has 160 valence electrons. The van der Waals surface area contributed by atoms with Gasteiger partial charge < -0.3 is 14.3 Å². The summed E-state index contributed by atoms with van der Waals surface area (Å²) in [4.78, 5) is 31.5. The molecule has 0 atom stereocenters. The largest absolute Gasteiger partial charge is 0.355 e. The summed E-state index contributed by atoms with van der Waals surface area (Å²) in [5, 5.41) is 4.98. The Morgan fingerprint density at radius 1 is 0.871 bits per heavy atom. The minimum absolute atomic E-state index is 0.00707. The van der Waals surface area contributed by atoms with Gasteiger partial charge in [0.1, 0.15) is 5.52 Å². The molecule has 2 aliphatic heterocycles. The molecule has 0 saturated carbocycles. The second kappa shape index (κ2) is 8.51. The Labute approximate surface area is 181 Å². The first-order chi connectivity index (χ1) is 15.2. The van der Waals surface area contributed by atoms with Gasteiger partial charge in [0.15, 0.2) is 5.76 Å². The maximum Gasteiger partial charge on any atom is 0.253 e. The van der Waals surface area contributed by atoms with Crippen molar-refractivity contribution in [3.8, 4) is 11.3 Å². The standard InChI is InChI=1S/C24H26N4O3/c29-22(27-10-4-5-11-27)17-26-12-14-28(15-13-26)24(30)19-8-9-21-20(16-19)23(31-25-21)18-6-2-1-3-7-18/h1-3,6-9,16H,4-5,10-15,17H2. The van der Waals surface area contributed by atoms with Crippen molar-refractivity contribution in [2.45, 2.75) is 12.8 Å². The van der Waals surface area contributed by atoms with Gasteiger partial charge in [-0.05, 0) is 31.0 Å². The lowest BCUT2D eigenvalue weighted by molar-refractivity contribution is -0.131. The molecule has 2 fully saturated rings. The Bertz CT molecular complexity index is 1080. The molecular formula is C24H26N4O3. The number of hydrogen-bond acceptors (Lipinski definition) is 5. The van der Waals surface area contributed by atoms with Gasteiger partial charge in [0.05, 0.1) is 11.9 Å². The smallest absolute Gasteiger partial charge is 0.253 e. The number of likely N-dealkylation sites (tertiary alicyclic amines) is 1. The number of fused-ring (bicyclic) bond motifs is 1. The Balaban J connectivity index is 1.26. The molecule has 2 saturated heterocycles. The highest BCUT2D eigenvalue weighted by Crippen LogP contribution is 2.29. The quantitative estimate of drug-likeness (QED) is 0.652. The first kappa shape index (κ1) is 19.8. The van der Waals surface area contributed by atoms with E-state index >= 15 is 0 Å². The highest BCUT2D eigenvalue weighted by Gasteiger charge is 2.26. The number of amides is 2. The first-order valence-electron chi connectivity index (χ1n) is 10.9. The van der Waals surface area contributed by atoms with Gasteiger partial charge in [-0.2, -0.15) is 0 Å². The van der Waals surface area contributed by atoms with Crippen LogP contribution in [0.3, 0.4) is 0 Å². The summed E-state index contributed by atoms with van der Waals surface area (Å²) in [6.07, 6.45) is 2.22. The fourth-order valence-electron chi connectivity index (χ4n) is 4.42. The lowest BCUT2D eigenvalue weighted by Crippen LogP contribution is -2.51. The summed E-state index contributed by atoms with van der Waals surface area (Å²) in [5.74, 6) is 0.895. The third kappa shape index (κ3) is 4.05. The van der Waals surface area contributed by atoms with Crippen LogP contribution >= 0.6 is 0 Å². The van der Waals surface area contributed by atoms with Gasteiger partial charge in [0.2, 0.25) is 5.91 Å². The first-order valence-corrected chi connectivity index (χ1v) is 10.9. The molecule has 0 spiro atoms. The third-order valence-electron chi connectivity index (χ3n) is 6.24. The Kier molecular flexibility index (Phi) is 5.42. The number of hydrogen-bond donors (Lipinski definition) is 0. The van der Waals surface area contributed by atoms with E-state index < -0.39 is 0 Å². The highest BCUT2D eigenvalue weighted by atomic mass is 16.5. The van der Waals surface area contributed by atoms with Crippen molar-refractivity contribution in [3.05, 3.63) is 54.1 Å². The fraction of sp³-hybridized carbons (Fsp3) is 0.375. The van der Waals surface area contributed by atoms with Crippen LogP contribution in [-0.2, 0) is 4.79 Å². The van der Waals surface area contributed by atoms with E-state index in [0.717, 1.165) is 55.5 Å². The summed E-state index contributed by atoms with van der Waals surface area (Å²) in [6.45, 7) is 4.90. The minimum atomic E-state index is 0.00707. The highest BCUT2D eigenvalue weighted by molar-refractivity contribution is 6.01. The number of nitrogens with zero attached hydrogens (tertiary/aromatic N) is 4. The van der Waals surface area contributed by atoms with E-state index in [1.807, 2.05) is 58.3 Å². The zero-order valence-electron chi connectivity index (χ0n) is 17.5. The number of benzene rings is 2. The molecule has 0 bridgehead atoms. The van der Waals surface area contributed by atoms with Crippen molar-refractivity contribution in [3.63, 3.8) is 0 Å². The fourth-order valence-corrected chi connectivity index (χ4v) is 4.42. The van der Waals surface area contributed by atoms with Crippen molar-refractivity contribution in [2.75, 3.05) is 45.8 Å². The van der Waals surface area contributed by atoms with Crippen molar-refractivity contribution in [2.24, 2.45) is 0 Å². The predicted molar refractivity (Wildman–Crippen MR) is 118 cm³/mol. The average Bonchev–Trinajstić information content (AvgIpc) is 3.50. The SMILES string of the molecule is O=C(CN1CCN(C(=O)c2ccc3noc(-c4ccccc4)c3c2)CC1)N1CCCC1. The zero-order valence-corrected chi connectivity index (χ0v) is 17.5. The van der Waals surface area contributed by atoms with Crippen LogP contribution in [-0.4, -0.2) is 77.5 Å². The van der Waals surface area contributed by atoms with E-state index in [0.29, 0.717) is 31.0 Å². The average molecular weight is 418 g/mol. The van der Waals surface area contributed by atoms with Gasteiger partial charge in [-0.3, -0.25) is 14.5 Å². The van der Waals surface area contributed by atoms with Gasteiger partial charge in [0.25, 0.3) is 5.91 Å². The van der Waals surface area contributed by atoms with E-state index in [9.17, 15) is 9.59 Å². The normalized spacial score (nSPS) is 17.4. The van der Waals surface area contributed by atoms with Gasteiger partial charge >= 0.3 is 0 Å². The molecule has 7 nitrogen and oxygen atoms in total. The van der Waals surface area contributed by atoms with Gasteiger partial charge in [-0.1, -0.05) is 35.5 Å². The molecule has 3 aromatic rings. The van der Waals surface area contributed by atoms with Gasteiger partial charge in [-0.25, -0.2) is 0 Å². The maximum absolute atomic E-state index is 13.1. The third-order valence-corrected chi connectivity index (χ3v) is 6.24. The molecule has 3 heterocycles. The predicted octanol–water partition coefficient (Wildman–Crippen LogP) is 2.88. The molecule has 31 heavy (non-hydrogen) atoms. The Hall–Kier alpha value is -3.19. The topological polar surface area (TPSA) is 69.9 Å². The van der Waals surface area contributed by atoms with Crippen molar-refractivity contribution >= 4 is 22.7 Å². The number of rotatable bonds is 4. The van der Waals surface area contributed by atoms with E-state index in [-0.39, 0.29) is 11.8 Å². The molecule has 2 aliphatic rings. The summed E-state index contributed by atoms with van der Waals surface area (Å²) in [7, 11) is 0. The lowest BCUT2D eigenvalue weighted by atomic mass is 10.1. The molecule has 7 heteroatoms. The minimum Gasteiger partial charge on any atom is -0.355 e. The molecule has 5 rings (SSSR count). The van der Waals surface area contributed by atoms with Crippen LogP contribution < -0.4 is 0 Å². The summed E-state index contributed by atoms with van der Waals surface area (Å²) in [5.41, 5.74) is 2.31. The van der Waals surface area contributed by atoms with Gasteiger partial charge in [-0.15, -0.1) is 0 Å². The van der Waals surface area contributed by atoms with Crippen molar-refractivity contribution in [1.29, 1.82) is 0 Å². The summed E-state index contributed by atoms with van der Waals surface area (Å²) in [6, 6.07) is 15.3. The molecule has 2 aromatic carbocycles. The molecule has 0 N–H and O–H groups in total. The number of piperazine rings is 1. The van der Waals surface area contributed by atoms with Crippen LogP contribution in [0.1, 0.15) is 23.2 Å². The monoisotopic (exact) mass is 418 g/mol. The van der Waals surface area contributed by atoms with E-state index in [4.69, 9.17) is 4.52 Å². The van der Waals surface area contributed by atoms with Crippen LogP contribution in [0, 0.1) is 0 Å². The molecule has 0 aliphatic carbocycles. The van der Waals surface area contributed by atoms with E-state index in [1.54, 1.807) is 0 Å². The van der Waals surface area contributed by atoms with E-state index in [2.05, 4.69) is 10.1 Å². The van der Waals surface area contributed by atoms with Crippen LogP contribution in [0.15, 0.2) is 53.1 Å². The number of carbonyl (C=O) groups is 2. The van der Waals surface area contributed by atoms with Crippen molar-refractivity contribution < 1.29 is 14.1 Å². The second-order valence-corrected chi connectivity index (χ2v) is 8.27. The van der Waals surface area contributed by atoms with Crippen LogP contribution in [0.2, 0.25) is 0 Å². The van der Waals surface area contributed by atoms with Crippen molar-refractivity contribution in [1.82, 2.24) is 19.9 Å².